The summed E-state index contributed by atoms with van der Waals surface area (Å²) in [7, 11) is 1.67. The Balaban J connectivity index is 1.52. The van der Waals surface area contributed by atoms with Crippen molar-refractivity contribution < 1.29 is 14.2 Å². The Morgan fingerprint density at radius 2 is 1.96 bits per heavy atom. The fraction of sp³-hybridized carbons (Fsp3) is 0.381. The monoisotopic (exact) mass is 384 g/mol. The Morgan fingerprint density at radius 3 is 2.78 bits per heavy atom. The quantitative estimate of drug-likeness (QED) is 0.762. The van der Waals surface area contributed by atoms with E-state index in [1.807, 2.05) is 30.3 Å². The van der Waals surface area contributed by atoms with Crippen LogP contribution < -0.4 is 19.5 Å². The van der Waals surface area contributed by atoms with Crippen LogP contribution in [0.1, 0.15) is 31.2 Å². The van der Waals surface area contributed by atoms with Crippen molar-refractivity contribution in [2.24, 2.45) is 0 Å². The zero-order chi connectivity index (χ0) is 18.6. The van der Waals surface area contributed by atoms with Gasteiger partial charge in [0.1, 0.15) is 5.75 Å². The molecular formula is C21H24N2O3S. The van der Waals surface area contributed by atoms with Crippen molar-refractivity contribution in [3.8, 4) is 17.2 Å². The molecule has 6 heteroatoms. The number of hydrogen-bond acceptors (Lipinski definition) is 4. The Hall–Kier alpha value is -2.47. The molecule has 2 aromatic carbocycles. The van der Waals surface area contributed by atoms with Crippen molar-refractivity contribution in [3.63, 3.8) is 0 Å². The fourth-order valence-corrected chi connectivity index (χ4v) is 4.05. The van der Waals surface area contributed by atoms with Crippen molar-refractivity contribution >= 4 is 23.0 Å². The third-order valence-electron chi connectivity index (χ3n) is 5.14. The van der Waals surface area contributed by atoms with Crippen LogP contribution in [0.3, 0.4) is 0 Å². The van der Waals surface area contributed by atoms with Gasteiger partial charge in [0.15, 0.2) is 16.6 Å². The summed E-state index contributed by atoms with van der Waals surface area (Å²) in [5, 5.41) is 4.13. The van der Waals surface area contributed by atoms with Gasteiger partial charge in [-0.1, -0.05) is 25.0 Å². The molecule has 1 aliphatic carbocycles. The highest BCUT2D eigenvalue weighted by molar-refractivity contribution is 7.80. The average Bonchev–Trinajstić information content (AvgIpc) is 3.37. The average molecular weight is 385 g/mol. The molecule has 142 valence electrons. The van der Waals surface area contributed by atoms with E-state index in [0.717, 1.165) is 34.6 Å². The van der Waals surface area contributed by atoms with Crippen LogP contribution in [0.4, 0.5) is 5.69 Å². The molecule has 27 heavy (non-hydrogen) atoms. The Kier molecular flexibility index (Phi) is 5.34. The number of nitrogens with zero attached hydrogens (tertiary/aromatic N) is 1. The minimum atomic E-state index is 0.293. The van der Waals surface area contributed by atoms with Gasteiger partial charge in [-0.15, -0.1) is 0 Å². The number of methoxy groups -OCH3 is 1. The van der Waals surface area contributed by atoms with E-state index in [2.05, 4.69) is 22.3 Å². The van der Waals surface area contributed by atoms with E-state index < -0.39 is 0 Å². The van der Waals surface area contributed by atoms with E-state index in [9.17, 15) is 0 Å². The maximum Gasteiger partial charge on any atom is 0.231 e. The topological polar surface area (TPSA) is 43.0 Å². The molecule has 1 aliphatic heterocycles. The van der Waals surface area contributed by atoms with E-state index in [0.29, 0.717) is 12.8 Å². The fourth-order valence-electron chi connectivity index (χ4n) is 3.71. The first-order valence-corrected chi connectivity index (χ1v) is 9.74. The summed E-state index contributed by atoms with van der Waals surface area (Å²) in [6.45, 7) is 1.04. The second-order valence-electron chi connectivity index (χ2n) is 6.92. The second kappa shape index (κ2) is 8.05. The van der Waals surface area contributed by atoms with Crippen LogP contribution in [0, 0.1) is 0 Å². The number of thiocarbonyl (C=S) groups is 1. The Morgan fingerprint density at radius 1 is 1.15 bits per heavy atom. The number of ether oxygens (including phenoxy) is 3. The SMILES string of the molecule is COc1cccc(NC(=S)N(Cc2ccc3c(c2)OCO3)C2CCCC2)c1. The first-order chi connectivity index (χ1) is 13.2. The second-order valence-corrected chi connectivity index (χ2v) is 7.30. The van der Waals surface area contributed by atoms with E-state index in [4.69, 9.17) is 26.4 Å². The normalized spacial score (nSPS) is 15.6. The highest BCUT2D eigenvalue weighted by Crippen LogP contribution is 2.34. The van der Waals surface area contributed by atoms with Gasteiger partial charge in [0, 0.05) is 24.3 Å². The molecule has 5 nitrogen and oxygen atoms in total. The molecule has 1 N–H and O–H groups in total. The molecule has 0 aromatic heterocycles. The third-order valence-corrected chi connectivity index (χ3v) is 5.47. The molecule has 4 rings (SSSR count). The Labute approximate surface area is 165 Å². The van der Waals surface area contributed by atoms with Gasteiger partial charge in [0.25, 0.3) is 0 Å². The van der Waals surface area contributed by atoms with Crippen molar-refractivity contribution in [1.82, 2.24) is 4.90 Å². The predicted octanol–water partition coefficient (Wildman–Crippen LogP) is 4.57. The maximum absolute atomic E-state index is 5.79. The summed E-state index contributed by atoms with van der Waals surface area (Å²) < 4.78 is 16.3. The van der Waals surface area contributed by atoms with Crippen LogP contribution >= 0.6 is 12.2 Å². The lowest BCUT2D eigenvalue weighted by Gasteiger charge is -2.32. The van der Waals surface area contributed by atoms with Crippen molar-refractivity contribution in [2.75, 3.05) is 19.2 Å². The minimum absolute atomic E-state index is 0.293. The van der Waals surface area contributed by atoms with E-state index in [1.54, 1.807) is 7.11 Å². The zero-order valence-corrected chi connectivity index (χ0v) is 16.3. The summed E-state index contributed by atoms with van der Waals surface area (Å²) in [5.41, 5.74) is 2.11. The molecule has 1 heterocycles. The van der Waals surface area contributed by atoms with Crippen LogP contribution in [0.2, 0.25) is 0 Å². The van der Waals surface area contributed by atoms with Crippen molar-refractivity contribution in [3.05, 3.63) is 48.0 Å². The molecule has 0 atom stereocenters. The summed E-state index contributed by atoms with van der Waals surface area (Å²) in [6.07, 6.45) is 4.85. The molecule has 1 fully saturated rings. The number of benzene rings is 2. The summed E-state index contributed by atoms with van der Waals surface area (Å²) in [4.78, 5) is 2.30. The Bertz CT molecular complexity index is 821. The van der Waals surface area contributed by atoms with E-state index in [1.165, 1.54) is 31.2 Å². The molecule has 0 bridgehead atoms. The van der Waals surface area contributed by atoms with Crippen LogP contribution in [0.5, 0.6) is 17.2 Å². The lowest BCUT2D eigenvalue weighted by molar-refractivity contribution is 0.174. The molecule has 0 unspecified atom stereocenters. The highest BCUT2D eigenvalue weighted by Gasteiger charge is 2.25. The molecule has 0 radical (unpaired) electrons. The van der Waals surface area contributed by atoms with Gasteiger partial charge in [0.05, 0.1) is 7.11 Å². The van der Waals surface area contributed by atoms with E-state index in [-0.39, 0.29) is 0 Å². The highest BCUT2D eigenvalue weighted by atomic mass is 32.1. The molecule has 2 aliphatic rings. The van der Waals surface area contributed by atoms with Gasteiger partial charge in [-0.3, -0.25) is 0 Å². The molecule has 1 saturated carbocycles. The maximum atomic E-state index is 5.79. The lowest BCUT2D eigenvalue weighted by Crippen LogP contribution is -2.40. The van der Waals surface area contributed by atoms with Crippen LogP contribution in [0.15, 0.2) is 42.5 Å². The van der Waals surface area contributed by atoms with Crippen LogP contribution in [-0.4, -0.2) is 30.0 Å². The van der Waals surface area contributed by atoms with Gasteiger partial charge in [-0.2, -0.15) is 0 Å². The predicted molar refractivity (Wildman–Crippen MR) is 110 cm³/mol. The van der Waals surface area contributed by atoms with Crippen molar-refractivity contribution in [2.45, 2.75) is 38.3 Å². The number of hydrogen-bond donors (Lipinski definition) is 1. The number of fused-ring (bicyclic) bond motifs is 1. The van der Waals surface area contributed by atoms with Crippen LogP contribution in [0.25, 0.3) is 0 Å². The van der Waals surface area contributed by atoms with E-state index >= 15 is 0 Å². The minimum Gasteiger partial charge on any atom is -0.497 e. The van der Waals surface area contributed by atoms with Gasteiger partial charge in [-0.25, -0.2) is 0 Å². The van der Waals surface area contributed by atoms with Gasteiger partial charge in [-0.05, 0) is 54.9 Å². The summed E-state index contributed by atoms with van der Waals surface area (Å²) in [5.74, 6) is 2.43. The first-order valence-electron chi connectivity index (χ1n) is 9.33. The van der Waals surface area contributed by atoms with Gasteiger partial charge in [0.2, 0.25) is 6.79 Å². The van der Waals surface area contributed by atoms with Gasteiger partial charge >= 0.3 is 0 Å². The third kappa shape index (κ3) is 4.11. The number of anilines is 1. The van der Waals surface area contributed by atoms with Crippen molar-refractivity contribution in [1.29, 1.82) is 0 Å². The zero-order valence-electron chi connectivity index (χ0n) is 15.4. The largest absolute Gasteiger partial charge is 0.497 e. The smallest absolute Gasteiger partial charge is 0.231 e. The number of rotatable bonds is 5. The molecule has 0 amide bonds. The lowest BCUT2D eigenvalue weighted by atomic mass is 10.1. The molecular weight excluding hydrogens is 360 g/mol. The molecule has 2 aromatic rings. The molecule has 0 spiro atoms. The number of nitrogens with one attached hydrogen (secondary N) is 1. The van der Waals surface area contributed by atoms with Gasteiger partial charge < -0.3 is 24.4 Å². The molecule has 0 saturated heterocycles. The first kappa shape index (κ1) is 17.9. The summed E-state index contributed by atoms with van der Waals surface area (Å²) in [6, 6.07) is 14.4. The van der Waals surface area contributed by atoms with Crippen LogP contribution in [-0.2, 0) is 6.54 Å². The summed E-state index contributed by atoms with van der Waals surface area (Å²) >= 11 is 5.79. The standard InChI is InChI=1S/C21H24N2O3S/c1-24-18-8-4-5-16(12-18)22-21(27)23(17-6-2-3-7-17)13-15-9-10-19-20(11-15)26-14-25-19/h4-5,8-12,17H,2-3,6-7,13-14H2,1H3,(H,22,27).